The van der Waals surface area contributed by atoms with E-state index in [0.717, 1.165) is 37.6 Å². The Labute approximate surface area is 145 Å². The number of aromatic nitrogens is 3. The van der Waals surface area contributed by atoms with Crippen LogP contribution in [0.2, 0.25) is 5.22 Å². The Morgan fingerprint density at radius 3 is 2.71 bits per heavy atom. The average Bonchev–Trinajstić information content (AvgIpc) is 2.79. The molecule has 1 aliphatic heterocycles. The molecule has 1 saturated heterocycles. The van der Waals surface area contributed by atoms with Crippen LogP contribution in [0.4, 0.5) is 5.82 Å². The van der Waals surface area contributed by atoms with E-state index in [0.29, 0.717) is 17.8 Å². The van der Waals surface area contributed by atoms with Gasteiger partial charge in [0.05, 0.1) is 17.8 Å². The molecule has 3 heterocycles. The summed E-state index contributed by atoms with van der Waals surface area (Å²) in [7, 11) is 0. The molecule has 128 valence electrons. The number of hydrogen-bond acceptors (Lipinski definition) is 6. The van der Waals surface area contributed by atoms with Gasteiger partial charge in [-0.15, -0.1) is 5.10 Å². The van der Waals surface area contributed by atoms with Gasteiger partial charge in [-0.05, 0) is 44.0 Å². The molecule has 0 saturated carbocycles. The fourth-order valence-corrected chi connectivity index (χ4v) is 3.02. The van der Waals surface area contributed by atoms with Gasteiger partial charge in [0.2, 0.25) is 11.1 Å². The zero-order chi connectivity index (χ0) is 17.1. The lowest BCUT2D eigenvalue weighted by Crippen LogP contribution is -2.36. The highest BCUT2D eigenvalue weighted by Gasteiger charge is 2.23. The van der Waals surface area contributed by atoms with Crippen LogP contribution in [0.5, 0.6) is 0 Å². The summed E-state index contributed by atoms with van der Waals surface area (Å²) < 4.78 is 4.91. The molecule has 0 atom stereocenters. The molecule has 7 nitrogen and oxygen atoms in total. The van der Waals surface area contributed by atoms with Crippen molar-refractivity contribution in [2.45, 2.75) is 26.7 Å². The van der Waals surface area contributed by atoms with Crippen molar-refractivity contribution in [1.82, 2.24) is 20.3 Å². The normalized spacial score (nSPS) is 15.5. The minimum absolute atomic E-state index is 0.0417. The maximum atomic E-state index is 12.6. The van der Waals surface area contributed by atoms with Gasteiger partial charge in [0.1, 0.15) is 0 Å². The second kappa shape index (κ2) is 7.17. The Bertz CT molecular complexity index is 696. The first kappa shape index (κ1) is 16.7. The third-order valence-electron chi connectivity index (χ3n) is 4.22. The number of rotatable bonds is 3. The highest BCUT2D eigenvalue weighted by molar-refractivity contribution is 6.29. The number of aryl methyl sites for hydroxylation is 2. The van der Waals surface area contributed by atoms with Gasteiger partial charge < -0.3 is 14.3 Å². The smallest absolute Gasteiger partial charge is 0.229 e. The van der Waals surface area contributed by atoms with Gasteiger partial charge in [0.15, 0.2) is 5.82 Å². The van der Waals surface area contributed by atoms with Crippen LogP contribution in [0.3, 0.4) is 0 Å². The van der Waals surface area contributed by atoms with Crippen LogP contribution in [-0.4, -0.2) is 52.3 Å². The first-order valence-electron chi connectivity index (χ1n) is 7.98. The number of halogens is 1. The Kier molecular flexibility index (Phi) is 4.99. The number of hydrogen-bond donors (Lipinski definition) is 0. The van der Waals surface area contributed by atoms with E-state index in [9.17, 15) is 4.79 Å². The second-order valence-corrected chi connectivity index (χ2v) is 6.29. The van der Waals surface area contributed by atoms with Crippen LogP contribution < -0.4 is 4.90 Å². The van der Waals surface area contributed by atoms with E-state index >= 15 is 0 Å². The standard InChI is InChI=1S/C16H20ClN5O2/c1-11-4-5-14(19-18-11)21-6-3-7-22(9-8-21)15(23)10-13-12(2)20-24-16(13)17/h4-5H,3,6-10H2,1-2H3. The van der Waals surface area contributed by atoms with Crippen molar-refractivity contribution >= 4 is 23.3 Å². The fourth-order valence-electron chi connectivity index (χ4n) is 2.78. The van der Waals surface area contributed by atoms with E-state index in [1.54, 1.807) is 6.92 Å². The van der Waals surface area contributed by atoms with Crippen molar-refractivity contribution in [2.75, 3.05) is 31.1 Å². The molecule has 8 heteroatoms. The van der Waals surface area contributed by atoms with Crippen molar-refractivity contribution in [3.8, 4) is 0 Å². The van der Waals surface area contributed by atoms with Crippen molar-refractivity contribution < 1.29 is 9.32 Å². The van der Waals surface area contributed by atoms with E-state index in [2.05, 4.69) is 20.3 Å². The summed E-state index contributed by atoms with van der Waals surface area (Å²) in [6.45, 7) is 6.66. The van der Waals surface area contributed by atoms with Gasteiger partial charge in [0.25, 0.3) is 0 Å². The highest BCUT2D eigenvalue weighted by Crippen LogP contribution is 2.21. The van der Waals surface area contributed by atoms with E-state index in [1.165, 1.54) is 0 Å². The molecule has 1 amide bonds. The molecule has 2 aromatic heterocycles. The molecule has 3 rings (SSSR count). The number of carbonyl (C=O) groups is 1. The molecule has 2 aromatic rings. The molecule has 0 unspecified atom stereocenters. The predicted molar refractivity (Wildman–Crippen MR) is 90.1 cm³/mol. The average molecular weight is 350 g/mol. The van der Waals surface area contributed by atoms with Crippen molar-refractivity contribution in [3.05, 3.63) is 34.3 Å². The maximum Gasteiger partial charge on any atom is 0.229 e. The van der Waals surface area contributed by atoms with E-state index in [-0.39, 0.29) is 17.5 Å². The van der Waals surface area contributed by atoms with Gasteiger partial charge in [-0.1, -0.05) is 5.16 Å². The summed E-state index contributed by atoms with van der Waals surface area (Å²) in [6.07, 6.45) is 1.11. The van der Waals surface area contributed by atoms with Crippen LogP contribution in [0.15, 0.2) is 16.7 Å². The number of anilines is 1. The Morgan fingerprint density at radius 1 is 1.21 bits per heavy atom. The predicted octanol–water partition coefficient (Wildman–Crippen LogP) is 2.02. The Morgan fingerprint density at radius 2 is 2.04 bits per heavy atom. The SMILES string of the molecule is Cc1ccc(N2CCCN(C(=O)Cc3c(C)noc3Cl)CC2)nn1. The number of amides is 1. The lowest BCUT2D eigenvalue weighted by Gasteiger charge is -2.22. The van der Waals surface area contributed by atoms with E-state index in [1.807, 2.05) is 24.0 Å². The van der Waals surface area contributed by atoms with E-state index in [4.69, 9.17) is 16.1 Å². The molecule has 0 N–H and O–H groups in total. The maximum absolute atomic E-state index is 12.6. The van der Waals surface area contributed by atoms with Gasteiger partial charge >= 0.3 is 0 Å². The number of nitrogens with zero attached hydrogens (tertiary/aromatic N) is 5. The molecule has 1 fully saturated rings. The van der Waals surface area contributed by atoms with Crippen LogP contribution in [0.25, 0.3) is 0 Å². The van der Waals surface area contributed by atoms with Crippen molar-refractivity contribution in [1.29, 1.82) is 0 Å². The summed E-state index contributed by atoms with van der Waals surface area (Å²) in [5.74, 6) is 0.896. The lowest BCUT2D eigenvalue weighted by atomic mass is 10.2. The highest BCUT2D eigenvalue weighted by atomic mass is 35.5. The summed E-state index contributed by atoms with van der Waals surface area (Å²) in [5, 5.41) is 12.3. The third kappa shape index (κ3) is 3.67. The Hall–Kier alpha value is -2.15. The molecular formula is C16H20ClN5O2. The lowest BCUT2D eigenvalue weighted by molar-refractivity contribution is -0.130. The summed E-state index contributed by atoms with van der Waals surface area (Å²) in [5.41, 5.74) is 2.23. The van der Waals surface area contributed by atoms with Crippen LogP contribution >= 0.6 is 11.6 Å². The molecule has 0 radical (unpaired) electrons. The molecular weight excluding hydrogens is 330 g/mol. The summed E-state index contributed by atoms with van der Waals surface area (Å²) >= 11 is 5.95. The molecule has 1 aliphatic rings. The van der Waals surface area contributed by atoms with Gasteiger partial charge in [-0.2, -0.15) is 5.10 Å². The van der Waals surface area contributed by atoms with Crippen molar-refractivity contribution in [2.24, 2.45) is 0 Å². The first-order chi connectivity index (χ1) is 11.5. The summed E-state index contributed by atoms with van der Waals surface area (Å²) in [4.78, 5) is 16.6. The first-order valence-corrected chi connectivity index (χ1v) is 8.36. The van der Waals surface area contributed by atoms with Gasteiger partial charge in [-0.25, -0.2) is 0 Å². The second-order valence-electron chi connectivity index (χ2n) is 5.95. The summed E-state index contributed by atoms with van der Waals surface area (Å²) in [6, 6.07) is 3.92. The van der Waals surface area contributed by atoms with Crippen LogP contribution in [-0.2, 0) is 11.2 Å². The zero-order valence-corrected chi connectivity index (χ0v) is 14.6. The largest absolute Gasteiger partial charge is 0.353 e. The third-order valence-corrected chi connectivity index (χ3v) is 4.52. The number of carbonyl (C=O) groups excluding carboxylic acids is 1. The Balaban J connectivity index is 1.62. The van der Waals surface area contributed by atoms with Crippen LogP contribution in [0, 0.1) is 13.8 Å². The van der Waals surface area contributed by atoms with E-state index < -0.39 is 0 Å². The quantitative estimate of drug-likeness (QED) is 0.843. The fraction of sp³-hybridized carbons (Fsp3) is 0.500. The topological polar surface area (TPSA) is 75.4 Å². The van der Waals surface area contributed by atoms with Gasteiger partial charge in [-0.3, -0.25) is 4.79 Å². The molecule has 0 spiro atoms. The van der Waals surface area contributed by atoms with Crippen LogP contribution in [0.1, 0.15) is 23.4 Å². The minimum atomic E-state index is 0.0417. The zero-order valence-electron chi connectivity index (χ0n) is 13.8. The molecule has 0 aliphatic carbocycles. The van der Waals surface area contributed by atoms with Crippen molar-refractivity contribution in [3.63, 3.8) is 0 Å². The molecule has 24 heavy (non-hydrogen) atoms. The minimum Gasteiger partial charge on any atom is -0.353 e. The molecule has 0 aromatic carbocycles. The van der Waals surface area contributed by atoms with Gasteiger partial charge in [0, 0.05) is 31.7 Å². The molecule has 0 bridgehead atoms. The monoisotopic (exact) mass is 349 g/mol.